The fraction of sp³-hybridized carbons (Fsp3) is 0.542. The van der Waals surface area contributed by atoms with Gasteiger partial charge in [0.05, 0.1) is 27.1 Å². The van der Waals surface area contributed by atoms with Crippen molar-refractivity contribution in [3.05, 3.63) is 24.1 Å². The minimum atomic E-state index is -5.05. The van der Waals surface area contributed by atoms with Gasteiger partial charge in [0.15, 0.2) is 0 Å². The van der Waals surface area contributed by atoms with Crippen LogP contribution >= 0.6 is 0 Å². The van der Waals surface area contributed by atoms with Gasteiger partial charge in [-0.25, -0.2) is 9.59 Å². The van der Waals surface area contributed by atoms with E-state index in [0.717, 1.165) is 0 Å². The van der Waals surface area contributed by atoms with E-state index in [2.05, 4.69) is 20.8 Å². The molecule has 0 aliphatic carbocycles. The molecule has 3 amide bonds. The lowest BCUT2D eigenvalue weighted by Gasteiger charge is -2.30. The standard InChI is InChI=1S/C24H30F3N5O7S/c1-21(2,3)38-19(34)29-14-11-40(36)15-9-8-12(10-13(15)28-16(14)33)17-31-32-18(37-17)23(7,24(25,26)27)30-20(35)39-22(4,5)6/h8-10,14H,11H2,1-7H3,(H,28,33)(H,29,34)(H,30,35)/t14-,23+,40?/m0/s1. The van der Waals surface area contributed by atoms with Gasteiger partial charge in [0.2, 0.25) is 17.3 Å². The molecule has 0 radical (unpaired) electrons. The van der Waals surface area contributed by atoms with Gasteiger partial charge in [-0.1, -0.05) is 0 Å². The van der Waals surface area contributed by atoms with Gasteiger partial charge in [-0.3, -0.25) is 14.3 Å². The number of hydrogen-bond donors (Lipinski definition) is 3. The van der Waals surface area contributed by atoms with Crippen molar-refractivity contribution in [2.45, 2.75) is 82.3 Å². The average Bonchev–Trinajstić information content (AvgIpc) is 3.22. The first-order valence-electron chi connectivity index (χ1n) is 11.9. The molecule has 1 aromatic carbocycles. The number of nitrogens with zero attached hydrogens (tertiary/aromatic N) is 2. The average molecular weight is 590 g/mol. The van der Waals surface area contributed by atoms with Crippen molar-refractivity contribution in [1.29, 1.82) is 0 Å². The molecule has 40 heavy (non-hydrogen) atoms. The van der Waals surface area contributed by atoms with Gasteiger partial charge < -0.3 is 24.5 Å². The van der Waals surface area contributed by atoms with E-state index >= 15 is 0 Å². The number of alkyl carbamates (subject to hydrolysis) is 2. The molecule has 1 unspecified atom stereocenters. The fourth-order valence-electron chi connectivity index (χ4n) is 3.35. The Bertz CT molecular complexity index is 1330. The highest BCUT2D eigenvalue weighted by atomic mass is 32.2. The number of hydrogen-bond acceptors (Lipinski definition) is 9. The van der Waals surface area contributed by atoms with E-state index in [0.29, 0.717) is 6.92 Å². The van der Waals surface area contributed by atoms with E-state index in [1.165, 1.54) is 39.0 Å². The van der Waals surface area contributed by atoms with E-state index < -0.39 is 63.7 Å². The van der Waals surface area contributed by atoms with Crippen LogP contribution in [0.2, 0.25) is 0 Å². The van der Waals surface area contributed by atoms with E-state index in [1.807, 2.05) is 0 Å². The number of halogens is 3. The van der Waals surface area contributed by atoms with Gasteiger partial charge in [-0.2, -0.15) is 13.2 Å². The first-order chi connectivity index (χ1) is 18.2. The van der Waals surface area contributed by atoms with Crippen LogP contribution in [0.25, 0.3) is 11.5 Å². The molecule has 1 aliphatic rings. The number of aromatic nitrogens is 2. The maximum Gasteiger partial charge on any atom is 0.420 e. The van der Waals surface area contributed by atoms with Crippen LogP contribution in [0.4, 0.5) is 28.4 Å². The van der Waals surface area contributed by atoms with Crippen LogP contribution in [-0.2, 0) is 30.6 Å². The topological polar surface area (TPSA) is 162 Å². The van der Waals surface area contributed by atoms with Crippen LogP contribution in [0, 0.1) is 0 Å². The molecule has 3 atom stereocenters. The van der Waals surface area contributed by atoms with E-state index in [1.54, 1.807) is 26.1 Å². The zero-order chi connectivity index (χ0) is 30.3. The molecule has 1 aliphatic heterocycles. The van der Waals surface area contributed by atoms with Crippen LogP contribution in [0.3, 0.4) is 0 Å². The van der Waals surface area contributed by atoms with Gasteiger partial charge in [0.25, 0.3) is 5.89 Å². The van der Waals surface area contributed by atoms with E-state index in [4.69, 9.17) is 13.9 Å². The molecule has 3 rings (SSSR count). The number of carbonyl (C=O) groups is 3. The Hall–Kier alpha value is -3.69. The maximum absolute atomic E-state index is 14.1. The van der Waals surface area contributed by atoms with Gasteiger partial charge in [-0.05, 0) is 66.7 Å². The van der Waals surface area contributed by atoms with Crippen LogP contribution < -0.4 is 16.0 Å². The fourth-order valence-corrected chi connectivity index (χ4v) is 4.64. The second-order valence-electron chi connectivity index (χ2n) is 11.1. The normalized spacial score (nSPS) is 19.4. The monoisotopic (exact) mass is 589 g/mol. The van der Waals surface area contributed by atoms with Crippen molar-refractivity contribution in [2.75, 3.05) is 11.1 Å². The van der Waals surface area contributed by atoms with Crippen molar-refractivity contribution >= 4 is 34.6 Å². The van der Waals surface area contributed by atoms with Gasteiger partial charge in [-0.15, -0.1) is 10.2 Å². The highest BCUT2D eigenvalue weighted by Crippen LogP contribution is 2.39. The molecule has 12 nitrogen and oxygen atoms in total. The molecule has 2 heterocycles. The first-order valence-corrected chi connectivity index (χ1v) is 13.3. The number of nitrogens with one attached hydrogen (secondary N) is 3. The summed E-state index contributed by atoms with van der Waals surface area (Å²) < 4.78 is 70.5. The number of amides is 3. The Labute approximate surface area is 230 Å². The number of fused-ring (bicyclic) bond motifs is 1. The summed E-state index contributed by atoms with van der Waals surface area (Å²) in [6.07, 6.45) is -7.28. The summed E-state index contributed by atoms with van der Waals surface area (Å²) in [6.45, 7) is 10.0. The number of anilines is 1. The zero-order valence-electron chi connectivity index (χ0n) is 22.8. The summed E-state index contributed by atoms with van der Waals surface area (Å²) in [5.74, 6) is -2.27. The smallest absolute Gasteiger partial charge is 0.420 e. The lowest BCUT2D eigenvalue weighted by molar-refractivity contribution is -0.199. The lowest BCUT2D eigenvalue weighted by Crippen LogP contribution is -2.55. The van der Waals surface area contributed by atoms with Crippen molar-refractivity contribution < 1.29 is 45.7 Å². The summed E-state index contributed by atoms with van der Waals surface area (Å²) in [7, 11) is -1.75. The summed E-state index contributed by atoms with van der Waals surface area (Å²) in [6, 6.07) is 2.86. The highest BCUT2D eigenvalue weighted by Gasteiger charge is 2.58. The van der Waals surface area contributed by atoms with Crippen molar-refractivity contribution in [3.8, 4) is 11.5 Å². The molecule has 3 N–H and O–H groups in total. The molecule has 1 aromatic heterocycles. The second kappa shape index (κ2) is 10.7. The molecular formula is C24H30F3N5O7S. The summed E-state index contributed by atoms with van der Waals surface area (Å²) >= 11 is 0. The van der Waals surface area contributed by atoms with Crippen LogP contribution in [0.15, 0.2) is 27.5 Å². The molecule has 220 valence electrons. The Morgan fingerprint density at radius 2 is 1.62 bits per heavy atom. The van der Waals surface area contributed by atoms with Crippen LogP contribution in [-0.4, -0.2) is 61.7 Å². The van der Waals surface area contributed by atoms with Gasteiger partial charge >= 0.3 is 18.4 Å². The predicted octanol–water partition coefficient (Wildman–Crippen LogP) is 3.99. The lowest BCUT2D eigenvalue weighted by atomic mass is 10.0. The van der Waals surface area contributed by atoms with Gasteiger partial charge in [0.1, 0.15) is 17.2 Å². The van der Waals surface area contributed by atoms with Gasteiger partial charge in [0, 0.05) is 5.56 Å². The molecule has 2 aromatic rings. The Morgan fingerprint density at radius 1 is 1.02 bits per heavy atom. The number of rotatable bonds is 4. The minimum absolute atomic E-state index is 0.0690. The first kappa shape index (κ1) is 30.8. The van der Waals surface area contributed by atoms with Crippen LogP contribution in [0.1, 0.15) is 54.4 Å². The molecule has 0 spiro atoms. The number of carbonyl (C=O) groups excluding carboxylic acids is 3. The summed E-state index contributed by atoms with van der Waals surface area (Å²) in [4.78, 5) is 37.3. The summed E-state index contributed by atoms with van der Waals surface area (Å²) in [5.41, 5.74) is -4.82. The zero-order valence-corrected chi connectivity index (χ0v) is 23.6. The molecular weight excluding hydrogens is 559 g/mol. The Balaban J connectivity index is 1.88. The maximum atomic E-state index is 14.1. The molecule has 0 saturated carbocycles. The van der Waals surface area contributed by atoms with E-state index in [9.17, 15) is 31.8 Å². The van der Waals surface area contributed by atoms with Crippen molar-refractivity contribution in [1.82, 2.24) is 20.8 Å². The SMILES string of the molecule is CC(C)(C)OC(=O)N[C@H]1CS(=O)c2ccc(-c3nnc([C@@](C)(NC(=O)OC(C)(C)C)C(F)(F)F)o3)cc2NC1=O. The van der Waals surface area contributed by atoms with Crippen molar-refractivity contribution in [2.24, 2.45) is 0 Å². The molecule has 0 saturated heterocycles. The third-order valence-corrected chi connectivity index (χ3v) is 6.71. The van der Waals surface area contributed by atoms with Crippen LogP contribution in [0.5, 0.6) is 0 Å². The molecule has 16 heteroatoms. The number of ether oxygens (including phenoxy) is 2. The number of benzene rings is 1. The predicted molar refractivity (Wildman–Crippen MR) is 136 cm³/mol. The third-order valence-electron chi connectivity index (χ3n) is 5.23. The highest BCUT2D eigenvalue weighted by molar-refractivity contribution is 7.85. The minimum Gasteiger partial charge on any atom is -0.444 e. The van der Waals surface area contributed by atoms with E-state index in [-0.39, 0.29) is 27.8 Å². The Kier molecular flexibility index (Phi) is 8.26. The second-order valence-corrected chi connectivity index (χ2v) is 12.5. The molecule has 0 fully saturated rings. The van der Waals surface area contributed by atoms with Crippen molar-refractivity contribution in [3.63, 3.8) is 0 Å². The quantitative estimate of drug-likeness (QED) is 0.479. The Morgan fingerprint density at radius 3 is 2.20 bits per heavy atom. The number of alkyl halides is 3. The summed E-state index contributed by atoms with van der Waals surface area (Å²) in [5, 5.41) is 13.9. The molecule has 0 bridgehead atoms. The third kappa shape index (κ3) is 7.28. The largest absolute Gasteiger partial charge is 0.444 e.